The topological polar surface area (TPSA) is 56.5 Å². The standard InChI is InChI=1S/C15H24N2O2/c1-11-14(9-10-19-11)15(17-16)8-5-12-3-6-13(18-2)7-4-12/h3-4,6-7,11,14-15,17H,5,8-10,16H2,1-2H3. The van der Waals surface area contributed by atoms with E-state index in [9.17, 15) is 0 Å². The van der Waals surface area contributed by atoms with Crippen LogP contribution >= 0.6 is 0 Å². The highest BCUT2D eigenvalue weighted by atomic mass is 16.5. The molecule has 1 heterocycles. The predicted octanol–water partition coefficient (Wildman–Crippen LogP) is 1.88. The first-order valence-electron chi connectivity index (χ1n) is 6.95. The molecule has 0 bridgehead atoms. The molecule has 0 aliphatic carbocycles. The van der Waals surface area contributed by atoms with Crippen LogP contribution in [0.3, 0.4) is 0 Å². The largest absolute Gasteiger partial charge is 0.497 e. The summed E-state index contributed by atoms with van der Waals surface area (Å²) in [6.45, 7) is 2.99. The van der Waals surface area contributed by atoms with Gasteiger partial charge >= 0.3 is 0 Å². The second-order valence-electron chi connectivity index (χ2n) is 5.19. The maximum Gasteiger partial charge on any atom is 0.118 e. The Balaban J connectivity index is 1.88. The number of methoxy groups -OCH3 is 1. The Morgan fingerprint density at radius 3 is 2.68 bits per heavy atom. The van der Waals surface area contributed by atoms with E-state index < -0.39 is 0 Å². The minimum absolute atomic E-state index is 0.303. The molecule has 19 heavy (non-hydrogen) atoms. The third kappa shape index (κ3) is 3.69. The lowest BCUT2D eigenvalue weighted by atomic mass is 9.89. The van der Waals surface area contributed by atoms with Crippen molar-refractivity contribution in [2.45, 2.75) is 38.3 Å². The van der Waals surface area contributed by atoms with Gasteiger partial charge in [-0.3, -0.25) is 11.3 Å². The van der Waals surface area contributed by atoms with Crippen LogP contribution in [0, 0.1) is 5.92 Å². The molecular weight excluding hydrogens is 240 g/mol. The van der Waals surface area contributed by atoms with Crippen LogP contribution in [0.15, 0.2) is 24.3 Å². The summed E-state index contributed by atoms with van der Waals surface area (Å²) in [7, 11) is 1.69. The zero-order valence-corrected chi connectivity index (χ0v) is 11.8. The van der Waals surface area contributed by atoms with Crippen LogP contribution in [-0.4, -0.2) is 25.9 Å². The van der Waals surface area contributed by atoms with Gasteiger partial charge in [-0.2, -0.15) is 0 Å². The SMILES string of the molecule is COc1ccc(CCC(NN)C2CCOC2C)cc1. The van der Waals surface area contributed by atoms with E-state index in [-0.39, 0.29) is 0 Å². The molecule has 0 aromatic heterocycles. The molecule has 1 aromatic carbocycles. The zero-order valence-electron chi connectivity index (χ0n) is 11.8. The van der Waals surface area contributed by atoms with Crippen molar-refractivity contribution in [1.82, 2.24) is 5.43 Å². The van der Waals surface area contributed by atoms with Crippen LogP contribution in [-0.2, 0) is 11.2 Å². The summed E-state index contributed by atoms with van der Waals surface area (Å²) < 4.78 is 10.8. The van der Waals surface area contributed by atoms with Crippen molar-refractivity contribution in [3.63, 3.8) is 0 Å². The molecule has 1 aliphatic heterocycles. The van der Waals surface area contributed by atoms with Crippen molar-refractivity contribution in [3.8, 4) is 5.75 Å². The fourth-order valence-electron chi connectivity index (χ4n) is 2.81. The summed E-state index contributed by atoms with van der Waals surface area (Å²) in [4.78, 5) is 0. The Labute approximate surface area is 115 Å². The third-order valence-corrected chi connectivity index (χ3v) is 4.07. The van der Waals surface area contributed by atoms with Gasteiger partial charge < -0.3 is 9.47 Å². The van der Waals surface area contributed by atoms with E-state index in [1.54, 1.807) is 7.11 Å². The van der Waals surface area contributed by atoms with Gasteiger partial charge in [-0.05, 0) is 43.9 Å². The van der Waals surface area contributed by atoms with E-state index in [1.807, 2.05) is 12.1 Å². The highest BCUT2D eigenvalue weighted by Gasteiger charge is 2.30. The quantitative estimate of drug-likeness (QED) is 0.608. The summed E-state index contributed by atoms with van der Waals surface area (Å²) >= 11 is 0. The van der Waals surface area contributed by atoms with Crippen LogP contribution in [0.5, 0.6) is 5.75 Å². The minimum Gasteiger partial charge on any atom is -0.497 e. The van der Waals surface area contributed by atoms with Gasteiger partial charge in [-0.25, -0.2) is 0 Å². The van der Waals surface area contributed by atoms with Gasteiger partial charge in [-0.15, -0.1) is 0 Å². The molecule has 3 N–H and O–H groups in total. The van der Waals surface area contributed by atoms with Crippen molar-refractivity contribution in [1.29, 1.82) is 0 Å². The molecule has 0 spiro atoms. The Kier molecular flexibility index (Phi) is 5.19. The second-order valence-corrected chi connectivity index (χ2v) is 5.19. The van der Waals surface area contributed by atoms with Crippen LogP contribution < -0.4 is 16.0 Å². The Morgan fingerprint density at radius 2 is 2.16 bits per heavy atom. The van der Waals surface area contributed by atoms with E-state index in [0.29, 0.717) is 18.1 Å². The van der Waals surface area contributed by atoms with Gasteiger partial charge in [0.25, 0.3) is 0 Å². The normalized spacial score (nSPS) is 24.4. The van der Waals surface area contributed by atoms with E-state index in [2.05, 4.69) is 24.5 Å². The van der Waals surface area contributed by atoms with Crippen LogP contribution in [0.25, 0.3) is 0 Å². The molecule has 0 amide bonds. The predicted molar refractivity (Wildman–Crippen MR) is 75.9 cm³/mol. The summed E-state index contributed by atoms with van der Waals surface area (Å²) in [5, 5.41) is 0. The third-order valence-electron chi connectivity index (χ3n) is 4.07. The molecule has 2 rings (SSSR count). The maximum atomic E-state index is 5.70. The van der Waals surface area contributed by atoms with Gasteiger partial charge in [0.2, 0.25) is 0 Å². The molecule has 1 fully saturated rings. The average Bonchev–Trinajstić information content (AvgIpc) is 2.87. The van der Waals surface area contributed by atoms with Crippen molar-refractivity contribution < 1.29 is 9.47 Å². The number of hydrazine groups is 1. The summed E-state index contributed by atoms with van der Waals surface area (Å²) in [6.07, 6.45) is 3.44. The highest BCUT2D eigenvalue weighted by Crippen LogP contribution is 2.26. The summed E-state index contributed by atoms with van der Waals surface area (Å²) in [5.41, 5.74) is 4.28. The summed E-state index contributed by atoms with van der Waals surface area (Å²) in [5.74, 6) is 7.11. The molecule has 3 unspecified atom stereocenters. The number of nitrogens with one attached hydrogen (secondary N) is 1. The number of aryl methyl sites for hydroxylation is 1. The van der Waals surface area contributed by atoms with Crippen LogP contribution in [0.4, 0.5) is 0 Å². The minimum atomic E-state index is 0.303. The van der Waals surface area contributed by atoms with Gasteiger partial charge in [0.05, 0.1) is 13.2 Å². The second kappa shape index (κ2) is 6.89. The van der Waals surface area contributed by atoms with Gasteiger partial charge in [0.1, 0.15) is 5.75 Å². The molecule has 1 saturated heterocycles. The van der Waals surface area contributed by atoms with Gasteiger partial charge in [0, 0.05) is 18.6 Å². The molecule has 0 saturated carbocycles. The van der Waals surface area contributed by atoms with Crippen molar-refractivity contribution in [3.05, 3.63) is 29.8 Å². The monoisotopic (exact) mass is 264 g/mol. The van der Waals surface area contributed by atoms with Gasteiger partial charge in [-0.1, -0.05) is 12.1 Å². The fourth-order valence-corrected chi connectivity index (χ4v) is 2.81. The molecule has 4 nitrogen and oxygen atoms in total. The first-order chi connectivity index (χ1) is 9.24. The summed E-state index contributed by atoms with van der Waals surface area (Å²) in [6, 6.07) is 8.55. The number of benzene rings is 1. The van der Waals surface area contributed by atoms with Gasteiger partial charge in [0.15, 0.2) is 0 Å². The van der Waals surface area contributed by atoms with Crippen LogP contribution in [0.2, 0.25) is 0 Å². The lowest BCUT2D eigenvalue weighted by molar-refractivity contribution is 0.0943. The Bertz CT molecular complexity index is 380. The van der Waals surface area contributed by atoms with E-state index in [0.717, 1.165) is 31.6 Å². The number of ether oxygens (including phenoxy) is 2. The number of nitrogens with two attached hydrogens (primary N) is 1. The fraction of sp³-hybridized carbons (Fsp3) is 0.600. The molecule has 1 aliphatic rings. The highest BCUT2D eigenvalue weighted by molar-refractivity contribution is 5.27. The molecule has 106 valence electrons. The van der Waals surface area contributed by atoms with E-state index >= 15 is 0 Å². The number of hydrogen-bond donors (Lipinski definition) is 2. The lowest BCUT2D eigenvalue weighted by Crippen LogP contribution is -2.43. The van der Waals surface area contributed by atoms with E-state index in [4.69, 9.17) is 15.3 Å². The average molecular weight is 264 g/mol. The first-order valence-corrected chi connectivity index (χ1v) is 6.95. The lowest BCUT2D eigenvalue weighted by Gasteiger charge is -2.25. The molecular formula is C15H24N2O2. The number of hydrogen-bond acceptors (Lipinski definition) is 4. The number of rotatable bonds is 6. The Morgan fingerprint density at radius 1 is 1.42 bits per heavy atom. The van der Waals surface area contributed by atoms with Crippen molar-refractivity contribution in [2.24, 2.45) is 11.8 Å². The van der Waals surface area contributed by atoms with Crippen molar-refractivity contribution >= 4 is 0 Å². The first kappa shape index (κ1) is 14.3. The smallest absolute Gasteiger partial charge is 0.118 e. The van der Waals surface area contributed by atoms with Crippen LogP contribution in [0.1, 0.15) is 25.3 Å². The van der Waals surface area contributed by atoms with Crippen molar-refractivity contribution in [2.75, 3.05) is 13.7 Å². The van der Waals surface area contributed by atoms with E-state index in [1.165, 1.54) is 5.56 Å². The zero-order chi connectivity index (χ0) is 13.7. The maximum absolute atomic E-state index is 5.70. The molecule has 3 atom stereocenters. The molecule has 1 aromatic rings. The Hall–Kier alpha value is -1.10. The molecule has 4 heteroatoms. The molecule has 0 radical (unpaired) electrons.